The van der Waals surface area contributed by atoms with Crippen LogP contribution in [0, 0.1) is 0 Å². The molecule has 0 aliphatic rings. The predicted molar refractivity (Wildman–Crippen MR) is 68.4 cm³/mol. The summed E-state index contributed by atoms with van der Waals surface area (Å²) in [6.45, 7) is 0.173. The quantitative estimate of drug-likeness (QED) is 0.844. The van der Waals surface area contributed by atoms with Gasteiger partial charge in [-0.25, -0.2) is 0 Å². The molecule has 8 heteroatoms. The van der Waals surface area contributed by atoms with Crippen molar-refractivity contribution in [3.63, 3.8) is 0 Å². The summed E-state index contributed by atoms with van der Waals surface area (Å²) >= 11 is 3.31. The van der Waals surface area contributed by atoms with Gasteiger partial charge in [0, 0.05) is 13.1 Å². The Morgan fingerprint density at radius 3 is 2.60 bits per heavy atom. The van der Waals surface area contributed by atoms with Gasteiger partial charge in [0.1, 0.15) is 18.1 Å². The maximum absolute atomic E-state index is 12.1. The van der Waals surface area contributed by atoms with Gasteiger partial charge in [-0.05, 0) is 28.1 Å². The first-order valence-electron chi connectivity index (χ1n) is 5.50. The number of aryl methyl sites for hydroxylation is 1. The van der Waals surface area contributed by atoms with E-state index in [-0.39, 0.29) is 18.1 Å². The third kappa shape index (κ3) is 3.89. The molecule has 1 aromatic heterocycles. The lowest BCUT2D eigenvalue weighted by atomic mass is 10.3. The molecule has 108 valence electrons. The van der Waals surface area contributed by atoms with Gasteiger partial charge in [0.25, 0.3) is 0 Å². The van der Waals surface area contributed by atoms with Crippen molar-refractivity contribution >= 4 is 15.9 Å². The summed E-state index contributed by atoms with van der Waals surface area (Å²) in [6, 6.07) is 5.36. The zero-order valence-electron chi connectivity index (χ0n) is 10.3. The maximum atomic E-state index is 12.1. The van der Waals surface area contributed by atoms with E-state index in [0.29, 0.717) is 0 Å². The molecule has 0 amide bonds. The molecule has 0 aliphatic heterocycles. The molecule has 2 aromatic rings. The maximum Gasteiger partial charge on any atom is 0.573 e. The molecule has 2 rings (SSSR count). The second-order valence-electron chi connectivity index (χ2n) is 3.87. The molecule has 4 nitrogen and oxygen atoms in total. The van der Waals surface area contributed by atoms with E-state index in [1.165, 1.54) is 18.2 Å². The number of hydrogen-bond acceptors (Lipinski definition) is 3. The molecule has 0 unspecified atom stereocenters. The average Bonchev–Trinajstić information content (AvgIpc) is 2.65. The molecule has 0 aliphatic carbocycles. The highest BCUT2D eigenvalue weighted by atomic mass is 79.9. The van der Waals surface area contributed by atoms with Gasteiger partial charge >= 0.3 is 6.36 Å². The van der Waals surface area contributed by atoms with Crippen LogP contribution in [0.5, 0.6) is 11.5 Å². The lowest BCUT2D eigenvalue weighted by molar-refractivity contribution is -0.274. The normalized spacial score (nSPS) is 11.4. The van der Waals surface area contributed by atoms with Gasteiger partial charge in [0.05, 0.1) is 16.4 Å². The van der Waals surface area contributed by atoms with Gasteiger partial charge in [-0.15, -0.1) is 13.2 Å². The molecule has 0 saturated heterocycles. The highest BCUT2D eigenvalue weighted by Crippen LogP contribution is 2.27. The fourth-order valence-corrected chi connectivity index (χ4v) is 1.97. The van der Waals surface area contributed by atoms with Crippen molar-refractivity contribution in [3.05, 3.63) is 40.6 Å². The summed E-state index contributed by atoms with van der Waals surface area (Å²) in [6.07, 6.45) is -3.11. The molecule has 1 heterocycles. The van der Waals surface area contributed by atoms with E-state index < -0.39 is 6.36 Å². The molecule has 0 atom stereocenters. The van der Waals surface area contributed by atoms with Gasteiger partial charge < -0.3 is 9.47 Å². The van der Waals surface area contributed by atoms with Gasteiger partial charge in [0.2, 0.25) is 0 Å². The Kier molecular flexibility index (Phi) is 4.22. The minimum atomic E-state index is -4.72. The zero-order valence-corrected chi connectivity index (χ0v) is 11.9. The zero-order chi connectivity index (χ0) is 14.8. The van der Waals surface area contributed by atoms with Crippen molar-refractivity contribution in [1.82, 2.24) is 9.78 Å². The van der Waals surface area contributed by atoms with Crippen molar-refractivity contribution in [3.8, 4) is 11.5 Å². The Bertz CT molecular complexity index is 579. The van der Waals surface area contributed by atoms with Crippen LogP contribution >= 0.6 is 15.9 Å². The minimum absolute atomic E-state index is 0.173. The fourth-order valence-electron chi connectivity index (χ4n) is 1.51. The summed E-state index contributed by atoms with van der Waals surface area (Å²) in [5.41, 5.74) is 0.771. The van der Waals surface area contributed by atoms with Crippen LogP contribution in [-0.4, -0.2) is 16.1 Å². The van der Waals surface area contributed by atoms with Crippen molar-refractivity contribution in [2.75, 3.05) is 0 Å². The Morgan fingerprint density at radius 1 is 1.30 bits per heavy atom. The lowest BCUT2D eigenvalue weighted by Crippen LogP contribution is -2.17. The van der Waals surface area contributed by atoms with Crippen LogP contribution in [0.25, 0.3) is 0 Å². The Morgan fingerprint density at radius 2 is 2.00 bits per heavy atom. The fraction of sp³-hybridized carbons (Fsp3) is 0.250. The Labute approximate surface area is 121 Å². The summed E-state index contributed by atoms with van der Waals surface area (Å²) in [7, 11) is 1.74. The van der Waals surface area contributed by atoms with Crippen LogP contribution in [0.3, 0.4) is 0 Å². The number of hydrogen-bond donors (Lipinski definition) is 0. The van der Waals surface area contributed by atoms with E-state index in [2.05, 4.69) is 25.8 Å². The third-order valence-electron chi connectivity index (χ3n) is 2.43. The average molecular weight is 351 g/mol. The van der Waals surface area contributed by atoms with Crippen molar-refractivity contribution in [2.45, 2.75) is 13.0 Å². The van der Waals surface area contributed by atoms with Crippen molar-refractivity contribution in [1.29, 1.82) is 0 Å². The number of alkyl halides is 3. The standard InChI is InChI=1S/C12H10BrF3N2O2/c1-18-11(10(13)6-17-18)7-19-8-3-2-4-9(5-8)20-12(14,15)16/h2-6H,7H2,1H3. The van der Waals surface area contributed by atoms with Crippen LogP contribution in [0.4, 0.5) is 13.2 Å². The molecule has 0 radical (unpaired) electrons. The molecule has 0 saturated carbocycles. The molecule has 0 fully saturated rings. The number of nitrogens with zero attached hydrogens (tertiary/aromatic N) is 2. The third-order valence-corrected chi connectivity index (χ3v) is 3.09. The largest absolute Gasteiger partial charge is 0.573 e. The topological polar surface area (TPSA) is 36.3 Å². The van der Waals surface area contributed by atoms with E-state index in [1.54, 1.807) is 24.0 Å². The Hall–Kier alpha value is -1.70. The second-order valence-corrected chi connectivity index (χ2v) is 4.73. The van der Waals surface area contributed by atoms with Gasteiger partial charge in [-0.1, -0.05) is 6.07 Å². The van der Waals surface area contributed by atoms with Crippen molar-refractivity contribution in [2.24, 2.45) is 7.05 Å². The predicted octanol–water partition coefficient (Wildman–Crippen LogP) is 3.66. The van der Waals surface area contributed by atoms with Crippen LogP contribution in [0.15, 0.2) is 34.9 Å². The summed E-state index contributed by atoms with van der Waals surface area (Å²) in [5, 5.41) is 4.01. The van der Waals surface area contributed by atoms with Gasteiger partial charge in [0.15, 0.2) is 0 Å². The van der Waals surface area contributed by atoms with Gasteiger partial charge in [-0.2, -0.15) is 5.10 Å². The van der Waals surface area contributed by atoms with Crippen LogP contribution < -0.4 is 9.47 Å². The number of ether oxygens (including phenoxy) is 2. The number of aromatic nitrogens is 2. The first kappa shape index (κ1) is 14.7. The van der Waals surface area contributed by atoms with Crippen molar-refractivity contribution < 1.29 is 22.6 Å². The smallest absolute Gasteiger partial charge is 0.487 e. The molecule has 0 N–H and O–H groups in total. The molecule has 1 aromatic carbocycles. The van der Waals surface area contributed by atoms with E-state index in [9.17, 15) is 13.2 Å². The Balaban J connectivity index is 2.05. The second kappa shape index (κ2) is 5.74. The van der Waals surface area contributed by atoms with Crippen LogP contribution in [0.1, 0.15) is 5.69 Å². The molecular formula is C12H10BrF3N2O2. The molecule has 0 bridgehead atoms. The van der Waals surface area contributed by atoms with E-state index in [1.807, 2.05) is 0 Å². The van der Waals surface area contributed by atoms with Crippen LogP contribution in [0.2, 0.25) is 0 Å². The van der Waals surface area contributed by atoms with E-state index >= 15 is 0 Å². The number of halogens is 4. The van der Waals surface area contributed by atoms with E-state index in [0.717, 1.165) is 10.2 Å². The lowest BCUT2D eigenvalue weighted by Gasteiger charge is -2.11. The molecule has 0 spiro atoms. The molecular weight excluding hydrogens is 341 g/mol. The summed E-state index contributed by atoms with van der Waals surface area (Å²) in [5.74, 6) is -0.0427. The minimum Gasteiger partial charge on any atom is -0.487 e. The number of rotatable bonds is 4. The summed E-state index contributed by atoms with van der Waals surface area (Å²) in [4.78, 5) is 0. The SMILES string of the molecule is Cn1ncc(Br)c1COc1cccc(OC(F)(F)F)c1. The highest BCUT2D eigenvalue weighted by molar-refractivity contribution is 9.10. The van der Waals surface area contributed by atoms with E-state index in [4.69, 9.17) is 4.74 Å². The highest BCUT2D eigenvalue weighted by Gasteiger charge is 2.31. The first-order chi connectivity index (χ1) is 9.35. The number of benzene rings is 1. The molecule has 20 heavy (non-hydrogen) atoms. The summed E-state index contributed by atoms with van der Waals surface area (Å²) < 4.78 is 47.9. The van der Waals surface area contributed by atoms with Crippen LogP contribution in [-0.2, 0) is 13.7 Å². The first-order valence-corrected chi connectivity index (χ1v) is 6.29. The van der Waals surface area contributed by atoms with Gasteiger partial charge in [-0.3, -0.25) is 4.68 Å². The monoisotopic (exact) mass is 350 g/mol.